The molecule has 3 rings (SSSR count). The van der Waals surface area contributed by atoms with Crippen LogP contribution >= 0.6 is 0 Å². The van der Waals surface area contributed by atoms with Crippen molar-refractivity contribution in [3.8, 4) is 0 Å². The Morgan fingerprint density at radius 1 is 1.10 bits per heavy atom. The van der Waals surface area contributed by atoms with Gasteiger partial charge in [0.05, 0.1) is 6.61 Å². The Kier molecular flexibility index (Phi) is 6.80. The SMILES string of the molecule is CC(CO)NC(=O)c1cccc(Nc2ccc(C(=O)NC3=NCCCN3)cc2)c1. The average Bonchev–Trinajstić information content (AvgIpc) is 2.75. The van der Waals surface area contributed by atoms with E-state index in [0.717, 1.165) is 24.3 Å². The first-order valence-corrected chi connectivity index (χ1v) is 9.53. The van der Waals surface area contributed by atoms with Crippen LogP contribution in [0, 0.1) is 0 Å². The Labute approximate surface area is 169 Å². The molecule has 0 saturated heterocycles. The Hall–Kier alpha value is -3.39. The van der Waals surface area contributed by atoms with Gasteiger partial charge in [0, 0.05) is 41.6 Å². The third-order valence-electron chi connectivity index (χ3n) is 4.34. The van der Waals surface area contributed by atoms with Crippen LogP contribution in [0.5, 0.6) is 0 Å². The van der Waals surface area contributed by atoms with Crippen molar-refractivity contribution in [3.05, 3.63) is 59.7 Å². The normalized spacial score (nSPS) is 14.2. The van der Waals surface area contributed by atoms with Gasteiger partial charge in [0.15, 0.2) is 5.96 Å². The van der Waals surface area contributed by atoms with Gasteiger partial charge < -0.3 is 21.1 Å². The maximum absolute atomic E-state index is 12.3. The molecule has 1 heterocycles. The number of nitrogens with zero attached hydrogens (tertiary/aromatic N) is 1. The number of nitrogens with one attached hydrogen (secondary N) is 4. The molecule has 8 heteroatoms. The number of carbonyl (C=O) groups is 2. The quantitative estimate of drug-likeness (QED) is 0.510. The van der Waals surface area contributed by atoms with Crippen molar-refractivity contribution in [2.24, 2.45) is 4.99 Å². The van der Waals surface area contributed by atoms with Crippen LogP contribution < -0.4 is 21.3 Å². The number of aliphatic imine (C=N–C) groups is 1. The smallest absolute Gasteiger partial charge is 0.257 e. The summed E-state index contributed by atoms with van der Waals surface area (Å²) in [5.41, 5.74) is 2.55. The summed E-state index contributed by atoms with van der Waals surface area (Å²) in [5, 5.41) is 20.8. The first kappa shape index (κ1) is 20.3. The topological polar surface area (TPSA) is 115 Å². The molecule has 8 nitrogen and oxygen atoms in total. The Balaban J connectivity index is 1.62. The van der Waals surface area contributed by atoms with Gasteiger partial charge in [0.2, 0.25) is 0 Å². The van der Waals surface area contributed by atoms with E-state index in [9.17, 15) is 9.59 Å². The second kappa shape index (κ2) is 9.70. The number of amides is 2. The van der Waals surface area contributed by atoms with Crippen LogP contribution in [0.15, 0.2) is 53.5 Å². The van der Waals surface area contributed by atoms with E-state index in [0.29, 0.717) is 23.6 Å². The summed E-state index contributed by atoms with van der Waals surface area (Å²) in [6.45, 7) is 3.13. The molecule has 1 aliphatic rings. The molecule has 1 unspecified atom stereocenters. The van der Waals surface area contributed by atoms with Gasteiger partial charge >= 0.3 is 0 Å². The molecule has 0 bridgehead atoms. The van der Waals surface area contributed by atoms with Crippen LogP contribution in [0.4, 0.5) is 11.4 Å². The number of aliphatic hydroxyl groups excluding tert-OH is 1. The Bertz CT molecular complexity index is 895. The van der Waals surface area contributed by atoms with E-state index in [-0.39, 0.29) is 24.5 Å². The molecule has 0 aliphatic carbocycles. The van der Waals surface area contributed by atoms with E-state index >= 15 is 0 Å². The number of aliphatic hydroxyl groups is 1. The number of hydrogen-bond donors (Lipinski definition) is 5. The molecule has 1 atom stereocenters. The van der Waals surface area contributed by atoms with Crippen LogP contribution in [0.1, 0.15) is 34.1 Å². The van der Waals surface area contributed by atoms with Crippen LogP contribution in [0.3, 0.4) is 0 Å². The minimum absolute atomic E-state index is 0.118. The van der Waals surface area contributed by atoms with E-state index in [1.165, 1.54) is 0 Å². The molecule has 0 aromatic heterocycles. The predicted molar refractivity (Wildman–Crippen MR) is 113 cm³/mol. The molecule has 2 aromatic rings. The zero-order valence-corrected chi connectivity index (χ0v) is 16.2. The maximum atomic E-state index is 12.3. The van der Waals surface area contributed by atoms with Crippen molar-refractivity contribution in [1.82, 2.24) is 16.0 Å². The fourth-order valence-corrected chi connectivity index (χ4v) is 2.76. The second-order valence-electron chi connectivity index (χ2n) is 6.81. The summed E-state index contributed by atoms with van der Waals surface area (Å²) in [7, 11) is 0. The molecular weight excluding hydrogens is 370 g/mol. The van der Waals surface area contributed by atoms with Crippen molar-refractivity contribution in [2.75, 3.05) is 25.0 Å². The van der Waals surface area contributed by atoms with Gasteiger partial charge in [-0.1, -0.05) is 6.07 Å². The van der Waals surface area contributed by atoms with Gasteiger partial charge in [0.1, 0.15) is 0 Å². The highest BCUT2D eigenvalue weighted by atomic mass is 16.3. The van der Waals surface area contributed by atoms with Crippen molar-refractivity contribution >= 4 is 29.1 Å². The molecule has 2 aromatic carbocycles. The van der Waals surface area contributed by atoms with Crippen LogP contribution in [-0.4, -0.2) is 48.6 Å². The third-order valence-corrected chi connectivity index (χ3v) is 4.34. The lowest BCUT2D eigenvalue weighted by atomic mass is 10.1. The maximum Gasteiger partial charge on any atom is 0.257 e. The van der Waals surface area contributed by atoms with E-state index in [4.69, 9.17) is 5.11 Å². The summed E-state index contributed by atoms with van der Waals surface area (Å²) in [4.78, 5) is 28.7. The number of carbonyl (C=O) groups excluding carboxylic acids is 2. The second-order valence-corrected chi connectivity index (χ2v) is 6.81. The first-order chi connectivity index (χ1) is 14.0. The molecule has 29 heavy (non-hydrogen) atoms. The van der Waals surface area contributed by atoms with Crippen LogP contribution in [0.2, 0.25) is 0 Å². The van der Waals surface area contributed by atoms with Gasteiger partial charge in [-0.2, -0.15) is 0 Å². The van der Waals surface area contributed by atoms with E-state index in [2.05, 4.69) is 26.3 Å². The van der Waals surface area contributed by atoms with E-state index < -0.39 is 0 Å². The number of rotatable bonds is 6. The molecule has 1 aliphatic heterocycles. The largest absolute Gasteiger partial charge is 0.394 e. The van der Waals surface area contributed by atoms with Crippen molar-refractivity contribution in [3.63, 3.8) is 0 Å². The monoisotopic (exact) mass is 395 g/mol. The summed E-state index contributed by atoms with van der Waals surface area (Å²) < 4.78 is 0. The number of hydrogen-bond acceptors (Lipinski definition) is 6. The molecule has 152 valence electrons. The standard InChI is InChI=1S/C21H25N5O3/c1-14(13-27)24-20(29)16-4-2-5-18(12-16)25-17-8-6-15(7-9-17)19(28)26-21-22-10-3-11-23-21/h2,4-9,12,14,25,27H,3,10-11,13H2,1H3,(H,24,29)(H2,22,23,26,28). The highest BCUT2D eigenvalue weighted by Gasteiger charge is 2.12. The zero-order valence-electron chi connectivity index (χ0n) is 16.2. The predicted octanol–water partition coefficient (Wildman–Crippen LogP) is 1.62. The Morgan fingerprint density at radius 3 is 2.59 bits per heavy atom. The summed E-state index contributed by atoms with van der Waals surface area (Å²) in [5.74, 6) is 0.0388. The van der Waals surface area contributed by atoms with Gasteiger partial charge in [-0.15, -0.1) is 0 Å². The van der Waals surface area contributed by atoms with Crippen LogP contribution in [0.25, 0.3) is 0 Å². The number of anilines is 2. The summed E-state index contributed by atoms with van der Waals surface area (Å²) in [6, 6.07) is 13.8. The lowest BCUT2D eigenvalue weighted by molar-refractivity contribution is 0.0921. The minimum Gasteiger partial charge on any atom is -0.394 e. The lowest BCUT2D eigenvalue weighted by Crippen LogP contribution is -2.43. The molecule has 0 fully saturated rings. The fraction of sp³-hybridized carbons (Fsp3) is 0.286. The van der Waals surface area contributed by atoms with Gasteiger partial charge in [0.25, 0.3) is 11.8 Å². The first-order valence-electron chi connectivity index (χ1n) is 9.53. The third kappa shape index (κ3) is 5.79. The Morgan fingerprint density at radius 2 is 1.90 bits per heavy atom. The number of guanidine groups is 1. The zero-order chi connectivity index (χ0) is 20.6. The summed E-state index contributed by atoms with van der Waals surface area (Å²) in [6.07, 6.45) is 0.961. The molecule has 0 radical (unpaired) electrons. The highest BCUT2D eigenvalue weighted by molar-refractivity contribution is 6.06. The molecule has 0 spiro atoms. The van der Waals surface area contributed by atoms with Crippen molar-refractivity contribution in [1.29, 1.82) is 0 Å². The molecular formula is C21H25N5O3. The van der Waals surface area contributed by atoms with Gasteiger partial charge in [-0.3, -0.25) is 19.9 Å². The van der Waals surface area contributed by atoms with E-state index in [1.54, 1.807) is 49.4 Å². The lowest BCUT2D eigenvalue weighted by Gasteiger charge is -2.15. The molecule has 0 saturated carbocycles. The minimum atomic E-state index is -0.312. The molecule has 5 N–H and O–H groups in total. The fourth-order valence-electron chi connectivity index (χ4n) is 2.76. The van der Waals surface area contributed by atoms with Crippen LogP contribution in [-0.2, 0) is 0 Å². The summed E-state index contributed by atoms with van der Waals surface area (Å²) >= 11 is 0. The van der Waals surface area contributed by atoms with Gasteiger partial charge in [-0.25, -0.2) is 0 Å². The highest BCUT2D eigenvalue weighted by Crippen LogP contribution is 2.18. The van der Waals surface area contributed by atoms with Crippen molar-refractivity contribution in [2.45, 2.75) is 19.4 Å². The average molecular weight is 395 g/mol. The molecule has 2 amide bonds. The number of benzene rings is 2. The van der Waals surface area contributed by atoms with Crippen molar-refractivity contribution < 1.29 is 14.7 Å². The van der Waals surface area contributed by atoms with E-state index in [1.807, 2.05) is 6.07 Å². The van der Waals surface area contributed by atoms with Gasteiger partial charge in [-0.05, 0) is 55.8 Å².